The predicted octanol–water partition coefficient (Wildman–Crippen LogP) is 0.834. The maximum atomic E-state index is 11.3. The summed E-state index contributed by atoms with van der Waals surface area (Å²) in [7, 11) is 1.84. The van der Waals surface area contributed by atoms with Crippen LogP contribution in [0, 0.1) is 5.92 Å². The second kappa shape index (κ2) is 4.24. The Balaban J connectivity index is 2.24. The van der Waals surface area contributed by atoms with E-state index in [4.69, 9.17) is 0 Å². The van der Waals surface area contributed by atoms with Gasteiger partial charge in [-0.25, -0.2) is 0 Å². The quantitative estimate of drug-likeness (QED) is 0.462. The molecule has 0 N–H and O–H groups in total. The van der Waals surface area contributed by atoms with Gasteiger partial charge in [0.05, 0.1) is 0 Å². The summed E-state index contributed by atoms with van der Waals surface area (Å²) in [5.41, 5.74) is 0. The number of carbonyl (C=O) groups is 2. The molecule has 0 saturated carbocycles. The monoisotopic (exact) mass is 169 g/mol. The molecule has 1 rings (SSSR count). The van der Waals surface area contributed by atoms with Crippen molar-refractivity contribution >= 4 is 12.2 Å². The van der Waals surface area contributed by atoms with E-state index in [9.17, 15) is 9.59 Å². The minimum Gasteiger partial charge on any atom is -0.345 e. The van der Waals surface area contributed by atoms with Crippen LogP contribution in [-0.2, 0) is 9.59 Å². The van der Waals surface area contributed by atoms with Crippen molar-refractivity contribution in [3.05, 3.63) is 0 Å². The molecule has 1 saturated heterocycles. The van der Waals surface area contributed by atoms with E-state index in [1.165, 1.54) is 0 Å². The first-order chi connectivity index (χ1) is 5.75. The Bertz CT molecular complexity index is 179. The molecule has 0 aromatic carbocycles. The van der Waals surface area contributed by atoms with Gasteiger partial charge >= 0.3 is 0 Å². The zero-order valence-electron chi connectivity index (χ0n) is 7.45. The van der Waals surface area contributed by atoms with Crippen LogP contribution in [0.25, 0.3) is 0 Å². The Hall–Kier alpha value is -0.860. The van der Waals surface area contributed by atoms with Crippen molar-refractivity contribution in [2.45, 2.75) is 25.7 Å². The highest BCUT2D eigenvalue weighted by Crippen LogP contribution is 2.21. The van der Waals surface area contributed by atoms with Gasteiger partial charge in [0, 0.05) is 25.9 Å². The summed E-state index contributed by atoms with van der Waals surface area (Å²) < 4.78 is 0. The summed E-state index contributed by atoms with van der Waals surface area (Å²) >= 11 is 0. The Morgan fingerprint density at radius 2 is 2.42 bits per heavy atom. The third-order valence-electron chi connectivity index (χ3n) is 2.41. The van der Waals surface area contributed by atoms with Gasteiger partial charge in [0.2, 0.25) is 5.91 Å². The second-order valence-electron chi connectivity index (χ2n) is 3.34. The van der Waals surface area contributed by atoms with E-state index in [0.29, 0.717) is 6.42 Å². The van der Waals surface area contributed by atoms with Crippen molar-refractivity contribution in [3.8, 4) is 0 Å². The summed E-state index contributed by atoms with van der Waals surface area (Å²) in [4.78, 5) is 23.1. The number of aldehydes is 1. The van der Waals surface area contributed by atoms with Gasteiger partial charge in [-0.15, -0.1) is 0 Å². The van der Waals surface area contributed by atoms with Gasteiger partial charge in [0.25, 0.3) is 0 Å². The highest BCUT2D eigenvalue weighted by atomic mass is 16.2. The number of nitrogens with zero attached hydrogens (tertiary/aromatic N) is 1. The summed E-state index contributed by atoms with van der Waals surface area (Å²) in [5.74, 6) is 0.441. The Morgan fingerprint density at radius 1 is 1.67 bits per heavy atom. The van der Waals surface area contributed by atoms with Crippen LogP contribution in [0.3, 0.4) is 0 Å². The summed E-state index contributed by atoms with van der Waals surface area (Å²) in [6.07, 6.45) is 4.21. The molecule has 1 unspecified atom stereocenters. The third kappa shape index (κ3) is 2.06. The lowest BCUT2D eigenvalue weighted by atomic mass is 10.0. The van der Waals surface area contributed by atoms with Crippen molar-refractivity contribution in [1.82, 2.24) is 4.90 Å². The van der Waals surface area contributed by atoms with Gasteiger partial charge in [0.1, 0.15) is 6.29 Å². The number of hydrogen-bond donors (Lipinski definition) is 0. The SMILES string of the molecule is CN1CCC(CCCC=O)C1=O. The third-order valence-corrected chi connectivity index (χ3v) is 2.41. The van der Waals surface area contributed by atoms with Crippen molar-refractivity contribution < 1.29 is 9.59 Å². The number of hydrogen-bond acceptors (Lipinski definition) is 2. The van der Waals surface area contributed by atoms with Crippen molar-refractivity contribution in [3.63, 3.8) is 0 Å². The second-order valence-corrected chi connectivity index (χ2v) is 3.34. The number of amides is 1. The molecule has 1 amide bonds. The van der Waals surface area contributed by atoms with E-state index in [-0.39, 0.29) is 11.8 Å². The topological polar surface area (TPSA) is 37.4 Å². The molecule has 1 aliphatic rings. The molecule has 0 aromatic heterocycles. The first-order valence-corrected chi connectivity index (χ1v) is 4.44. The molecule has 3 heteroatoms. The highest BCUT2D eigenvalue weighted by Gasteiger charge is 2.27. The molecule has 1 atom stereocenters. The fourth-order valence-electron chi connectivity index (χ4n) is 1.61. The van der Waals surface area contributed by atoms with Crippen LogP contribution >= 0.6 is 0 Å². The fourth-order valence-corrected chi connectivity index (χ4v) is 1.61. The Labute approximate surface area is 72.7 Å². The van der Waals surface area contributed by atoms with Gasteiger partial charge in [-0.1, -0.05) is 0 Å². The largest absolute Gasteiger partial charge is 0.345 e. The first kappa shape index (κ1) is 9.23. The zero-order valence-corrected chi connectivity index (χ0v) is 7.45. The molecule has 3 nitrogen and oxygen atoms in total. The van der Waals surface area contributed by atoms with Crippen LogP contribution in [0.5, 0.6) is 0 Å². The lowest BCUT2D eigenvalue weighted by Crippen LogP contribution is -2.22. The van der Waals surface area contributed by atoms with Crippen LogP contribution in [0.4, 0.5) is 0 Å². The van der Waals surface area contributed by atoms with Crippen molar-refractivity contribution in [1.29, 1.82) is 0 Å². The molecular weight excluding hydrogens is 154 g/mol. The maximum Gasteiger partial charge on any atom is 0.225 e. The maximum absolute atomic E-state index is 11.3. The zero-order chi connectivity index (χ0) is 8.97. The van der Waals surface area contributed by atoms with Crippen molar-refractivity contribution in [2.24, 2.45) is 5.92 Å². The molecule has 0 radical (unpaired) electrons. The lowest BCUT2D eigenvalue weighted by Gasteiger charge is -2.08. The van der Waals surface area contributed by atoms with E-state index in [1.54, 1.807) is 4.90 Å². The minimum absolute atomic E-state index is 0.190. The highest BCUT2D eigenvalue weighted by molar-refractivity contribution is 5.80. The Kier molecular flexibility index (Phi) is 3.26. The average molecular weight is 169 g/mol. The van der Waals surface area contributed by atoms with Crippen LogP contribution in [-0.4, -0.2) is 30.7 Å². The smallest absolute Gasteiger partial charge is 0.225 e. The van der Waals surface area contributed by atoms with E-state index in [0.717, 1.165) is 32.1 Å². The van der Waals surface area contributed by atoms with Crippen LogP contribution < -0.4 is 0 Å². The normalized spacial score (nSPS) is 23.2. The van der Waals surface area contributed by atoms with Gasteiger partial charge in [-0.05, 0) is 19.3 Å². The number of likely N-dealkylation sites (tertiary alicyclic amines) is 1. The first-order valence-electron chi connectivity index (χ1n) is 4.44. The molecule has 1 fully saturated rings. The molecule has 1 heterocycles. The van der Waals surface area contributed by atoms with E-state index < -0.39 is 0 Å². The fraction of sp³-hybridized carbons (Fsp3) is 0.778. The minimum atomic E-state index is 0.190. The Morgan fingerprint density at radius 3 is 2.92 bits per heavy atom. The van der Waals surface area contributed by atoms with Crippen LogP contribution in [0.2, 0.25) is 0 Å². The van der Waals surface area contributed by atoms with E-state index in [1.807, 2.05) is 7.05 Å². The standard InChI is InChI=1S/C9H15NO2/c1-10-6-5-8(9(10)12)4-2-3-7-11/h7-8H,2-6H2,1H3. The molecule has 1 aliphatic heterocycles. The molecule has 0 aromatic rings. The van der Waals surface area contributed by atoms with Gasteiger partial charge in [-0.2, -0.15) is 0 Å². The van der Waals surface area contributed by atoms with E-state index in [2.05, 4.69) is 0 Å². The van der Waals surface area contributed by atoms with Crippen molar-refractivity contribution in [2.75, 3.05) is 13.6 Å². The summed E-state index contributed by atoms with van der Waals surface area (Å²) in [5, 5.41) is 0. The molecule has 0 aliphatic carbocycles. The number of carbonyl (C=O) groups excluding carboxylic acids is 2. The van der Waals surface area contributed by atoms with Gasteiger partial charge < -0.3 is 9.69 Å². The van der Waals surface area contributed by atoms with E-state index >= 15 is 0 Å². The lowest BCUT2D eigenvalue weighted by molar-refractivity contribution is -0.130. The molecule has 12 heavy (non-hydrogen) atoms. The molecular formula is C9H15NO2. The average Bonchev–Trinajstić information content (AvgIpc) is 2.36. The number of rotatable bonds is 4. The molecule has 68 valence electrons. The summed E-state index contributed by atoms with van der Waals surface area (Å²) in [6.45, 7) is 0.880. The number of unbranched alkanes of at least 4 members (excludes halogenated alkanes) is 1. The van der Waals surface area contributed by atoms with Gasteiger partial charge in [0.15, 0.2) is 0 Å². The summed E-state index contributed by atoms with van der Waals surface area (Å²) in [6, 6.07) is 0. The van der Waals surface area contributed by atoms with Crippen LogP contribution in [0.1, 0.15) is 25.7 Å². The van der Waals surface area contributed by atoms with Gasteiger partial charge in [-0.3, -0.25) is 4.79 Å². The van der Waals surface area contributed by atoms with Crippen LogP contribution in [0.15, 0.2) is 0 Å². The predicted molar refractivity (Wildman–Crippen MR) is 45.7 cm³/mol. The molecule has 0 spiro atoms. The molecule has 0 bridgehead atoms.